The van der Waals surface area contributed by atoms with Crippen LogP contribution in [0.4, 0.5) is 11.9 Å². The van der Waals surface area contributed by atoms with E-state index in [1.807, 2.05) is 25.8 Å². The molecule has 0 amide bonds. The van der Waals surface area contributed by atoms with Crippen molar-refractivity contribution in [3.63, 3.8) is 0 Å². The third kappa shape index (κ3) is 4.74. The van der Waals surface area contributed by atoms with Gasteiger partial charge in [-0.2, -0.15) is 26.7 Å². The Kier molecular flexibility index (Phi) is 6.14. The molecule has 1 unspecified atom stereocenters. The van der Waals surface area contributed by atoms with Crippen LogP contribution in [0.3, 0.4) is 0 Å². The maximum Gasteiger partial charge on any atom is 0.323 e. The molecule has 1 aromatic rings. The van der Waals surface area contributed by atoms with Crippen molar-refractivity contribution in [3.05, 3.63) is 0 Å². The number of nitrogens with zero attached hydrogens (tertiary/aromatic N) is 4. The first-order valence-electron chi connectivity index (χ1n) is 6.30. The van der Waals surface area contributed by atoms with E-state index in [0.717, 1.165) is 5.75 Å². The molecule has 1 heterocycles. The lowest BCUT2D eigenvalue weighted by molar-refractivity contribution is 0.222. The van der Waals surface area contributed by atoms with E-state index in [0.29, 0.717) is 23.9 Å². The van der Waals surface area contributed by atoms with E-state index < -0.39 is 0 Å². The Balaban J connectivity index is 2.98. The zero-order valence-electron chi connectivity index (χ0n) is 12.5. The van der Waals surface area contributed by atoms with Crippen molar-refractivity contribution < 1.29 is 4.74 Å². The van der Waals surface area contributed by atoms with Gasteiger partial charge in [0.1, 0.15) is 0 Å². The average molecular weight is 285 g/mol. The quantitative estimate of drug-likeness (QED) is 0.820. The SMILES string of the molecule is CNc1nc(OC(C)C)nc(N(C)C(C)CSC)n1. The van der Waals surface area contributed by atoms with E-state index in [4.69, 9.17) is 4.74 Å². The van der Waals surface area contributed by atoms with E-state index >= 15 is 0 Å². The molecule has 0 aliphatic carbocycles. The van der Waals surface area contributed by atoms with Gasteiger partial charge in [-0.25, -0.2) is 0 Å². The Morgan fingerprint density at radius 2 is 1.95 bits per heavy atom. The van der Waals surface area contributed by atoms with Crippen LogP contribution in [0.25, 0.3) is 0 Å². The van der Waals surface area contributed by atoms with Gasteiger partial charge in [-0.3, -0.25) is 0 Å². The Morgan fingerprint density at radius 1 is 1.26 bits per heavy atom. The van der Waals surface area contributed by atoms with Gasteiger partial charge in [-0.1, -0.05) is 0 Å². The fourth-order valence-electron chi connectivity index (χ4n) is 1.43. The summed E-state index contributed by atoms with van der Waals surface area (Å²) in [7, 11) is 3.76. The van der Waals surface area contributed by atoms with Gasteiger partial charge < -0.3 is 15.0 Å². The number of hydrogen-bond acceptors (Lipinski definition) is 7. The Labute approximate surface area is 119 Å². The molecule has 0 saturated carbocycles. The molecule has 1 rings (SSSR count). The minimum atomic E-state index is 0.0360. The van der Waals surface area contributed by atoms with E-state index in [9.17, 15) is 0 Å². The van der Waals surface area contributed by atoms with Crippen LogP contribution >= 0.6 is 11.8 Å². The highest BCUT2D eigenvalue weighted by molar-refractivity contribution is 7.98. The topological polar surface area (TPSA) is 63.2 Å². The van der Waals surface area contributed by atoms with Crippen LogP contribution in [0.15, 0.2) is 0 Å². The number of hydrogen-bond donors (Lipinski definition) is 1. The highest BCUT2D eigenvalue weighted by Crippen LogP contribution is 2.17. The third-order valence-corrected chi connectivity index (χ3v) is 3.37. The molecule has 108 valence electrons. The van der Waals surface area contributed by atoms with E-state index in [1.165, 1.54) is 0 Å². The molecule has 0 bridgehead atoms. The van der Waals surface area contributed by atoms with E-state index in [2.05, 4.69) is 33.4 Å². The van der Waals surface area contributed by atoms with Gasteiger partial charge in [0, 0.05) is 25.9 Å². The summed E-state index contributed by atoms with van der Waals surface area (Å²) in [6, 6.07) is 0.696. The Morgan fingerprint density at radius 3 is 2.47 bits per heavy atom. The molecule has 0 aromatic carbocycles. The lowest BCUT2D eigenvalue weighted by Crippen LogP contribution is -2.32. The van der Waals surface area contributed by atoms with Gasteiger partial charge in [0.15, 0.2) is 0 Å². The highest BCUT2D eigenvalue weighted by Gasteiger charge is 2.16. The van der Waals surface area contributed by atoms with Gasteiger partial charge in [0.05, 0.1) is 6.10 Å². The lowest BCUT2D eigenvalue weighted by atomic mass is 10.3. The molecule has 0 radical (unpaired) electrons. The van der Waals surface area contributed by atoms with Gasteiger partial charge in [-0.05, 0) is 27.0 Å². The molecule has 7 heteroatoms. The van der Waals surface area contributed by atoms with Crippen molar-refractivity contribution in [2.45, 2.75) is 32.9 Å². The summed E-state index contributed by atoms with van der Waals surface area (Å²) in [5, 5.41) is 2.93. The first-order valence-corrected chi connectivity index (χ1v) is 7.69. The zero-order valence-corrected chi connectivity index (χ0v) is 13.3. The number of nitrogens with one attached hydrogen (secondary N) is 1. The largest absolute Gasteiger partial charge is 0.461 e. The van der Waals surface area contributed by atoms with E-state index in [1.54, 1.807) is 18.8 Å². The molecule has 1 aromatic heterocycles. The van der Waals surface area contributed by atoms with Gasteiger partial charge >= 0.3 is 6.01 Å². The molecule has 0 aliphatic rings. The van der Waals surface area contributed by atoms with Crippen LogP contribution in [-0.2, 0) is 0 Å². The second-order valence-electron chi connectivity index (χ2n) is 4.57. The lowest BCUT2D eigenvalue weighted by Gasteiger charge is -2.24. The summed E-state index contributed by atoms with van der Waals surface area (Å²) in [5.74, 6) is 2.15. The predicted molar refractivity (Wildman–Crippen MR) is 81.4 cm³/mol. The summed E-state index contributed by atoms with van der Waals surface area (Å²) in [6.07, 6.45) is 2.12. The summed E-state index contributed by atoms with van der Waals surface area (Å²) < 4.78 is 5.55. The highest BCUT2D eigenvalue weighted by atomic mass is 32.2. The summed E-state index contributed by atoms with van der Waals surface area (Å²) in [5.41, 5.74) is 0. The summed E-state index contributed by atoms with van der Waals surface area (Å²) in [4.78, 5) is 14.9. The van der Waals surface area contributed by atoms with Crippen molar-refractivity contribution in [2.24, 2.45) is 0 Å². The van der Waals surface area contributed by atoms with Crippen molar-refractivity contribution in [1.82, 2.24) is 15.0 Å². The molecule has 1 N–H and O–H groups in total. The first-order chi connectivity index (χ1) is 8.97. The molecule has 0 aliphatic heterocycles. The number of ether oxygens (including phenoxy) is 1. The molecular weight excluding hydrogens is 262 g/mol. The summed E-state index contributed by atoms with van der Waals surface area (Å²) >= 11 is 1.80. The number of thioether (sulfide) groups is 1. The van der Waals surface area contributed by atoms with Crippen molar-refractivity contribution in [1.29, 1.82) is 0 Å². The number of rotatable bonds is 7. The average Bonchev–Trinajstić information content (AvgIpc) is 2.36. The second kappa shape index (κ2) is 7.37. The van der Waals surface area contributed by atoms with Crippen LogP contribution in [0.1, 0.15) is 20.8 Å². The maximum absolute atomic E-state index is 5.55. The van der Waals surface area contributed by atoms with Crippen LogP contribution in [0.2, 0.25) is 0 Å². The van der Waals surface area contributed by atoms with E-state index in [-0.39, 0.29) is 6.10 Å². The molecule has 6 nitrogen and oxygen atoms in total. The normalized spacial score (nSPS) is 12.4. The fourth-order valence-corrected chi connectivity index (χ4v) is 2.14. The summed E-state index contributed by atoms with van der Waals surface area (Å²) in [6.45, 7) is 6.04. The smallest absolute Gasteiger partial charge is 0.323 e. The molecule has 19 heavy (non-hydrogen) atoms. The van der Waals surface area contributed by atoms with Crippen molar-refractivity contribution in [3.8, 4) is 6.01 Å². The number of aromatic nitrogens is 3. The number of anilines is 2. The van der Waals surface area contributed by atoms with Crippen LogP contribution in [0.5, 0.6) is 6.01 Å². The van der Waals surface area contributed by atoms with Crippen molar-refractivity contribution in [2.75, 3.05) is 36.3 Å². The molecule has 0 saturated heterocycles. The monoisotopic (exact) mass is 285 g/mol. The van der Waals surface area contributed by atoms with Crippen LogP contribution in [0, 0.1) is 0 Å². The van der Waals surface area contributed by atoms with Crippen molar-refractivity contribution >= 4 is 23.7 Å². The molecule has 0 spiro atoms. The minimum Gasteiger partial charge on any atom is -0.461 e. The van der Waals surface area contributed by atoms with Gasteiger partial charge in [0.25, 0.3) is 0 Å². The zero-order chi connectivity index (χ0) is 14.4. The predicted octanol–water partition coefficient (Wildman–Crippen LogP) is 1.89. The molecule has 0 fully saturated rings. The standard InChI is InChI=1S/C12H23N5OS/c1-8(2)18-12-15-10(13-4)14-11(16-12)17(5)9(3)7-19-6/h8-9H,7H2,1-6H3,(H,13,14,15,16). The molecular formula is C12H23N5OS. The first kappa shape index (κ1) is 15.8. The van der Waals surface area contributed by atoms with Crippen LogP contribution < -0.4 is 15.0 Å². The van der Waals surface area contributed by atoms with Gasteiger partial charge in [-0.15, -0.1) is 0 Å². The fraction of sp³-hybridized carbons (Fsp3) is 0.750. The van der Waals surface area contributed by atoms with Crippen LogP contribution in [-0.4, -0.2) is 53.2 Å². The minimum absolute atomic E-state index is 0.0360. The second-order valence-corrected chi connectivity index (χ2v) is 5.48. The molecule has 1 atom stereocenters. The maximum atomic E-state index is 5.55. The third-order valence-electron chi connectivity index (χ3n) is 2.55. The van der Waals surface area contributed by atoms with Gasteiger partial charge in [0.2, 0.25) is 11.9 Å². The Bertz CT molecular complexity index is 402. The Hall–Kier alpha value is -1.24.